The van der Waals surface area contributed by atoms with Crippen molar-refractivity contribution < 1.29 is 17.9 Å². The van der Waals surface area contributed by atoms with Crippen molar-refractivity contribution in [2.45, 2.75) is 4.90 Å². The van der Waals surface area contributed by atoms with Crippen LogP contribution in [0.2, 0.25) is 15.2 Å². The van der Waals surface area contributed by atoms with Gasteiger partial charge in [0.2, 0.25) is 0 Å². The number of methoxy groups -OCH3 is 1. The molecule has 146 valence electrons. The lowest BCUT2D eigenvalue weighted by Crippen LogP contribution is -2.36. The number of hydrogen-bond donors (Lipinski definition) is 0. The maximum atomic E-state index is 13.3. The molecular formula is C17H11Cl3N2O4S2. The van der Waals surface area contributed by atoms with Crippen molar-refractivity contribution in [3.8, 4) is 5.75 Å². The Balaban J connectivity index is 2.16. The minimum atomic E-state index is -4.28. The van der Waals surface area contributed by atoms with Crippen LogP contribution in [-0.2, 0) is 10.0 Å². The maximum Gasteiger partial charge on any atom is 0.285 e. The number of benzene rings is 2. The number of carbonyl (C=O) groups is 1. The summed E-state index contributed by atoms with van der Waals surface area (Å²) in [4.78, 5) is 12.9. The van der Waals surface area contributed by atoms with Gasteiger partial charge < -0.3 is 4.74 Å². The smallest absolute Gasteiger partial charge is 0.285 e. The number of carbonyl (C=O) groups excluding carboxylic acids is 1. The molecule has 0 unspecified atom stereocenters. The molecule has 0 aliphatic rings. The number of aromatic nitrogens is 1. The van der Waals surface area contributed by atoms with E-state index in [9.17, 15) is 13.2 Å². The molecule has 0 radical (unpaired) electrons. The van der Waals surface area contributed by atoms with Crippen LogP contribution in [0.25, 0.3) is 0 Å². The summed E-state index contributed by atoms with van der Waals surface area (Å²) in [6.07, 6.45) is 0. The zero-order chi connectivity index (χ0) is 20.5. The molecule has 0 atom stereocenters. The van der Waals surface area contributed by atoms with E-state index >= 15 is 0 Å². The van der Waals surface area contributed by atoms with Crippen LogP contribution in [0.1, 0.15) is 9.67 Å². The first-order valence-electron chi connectivity index (χ1n) is 7.55. The standard InChI is InChI=1S/C17H11Cl3N2O4S2/c1-26-12-6-8-13(9-7-12)28(24,25)22(11-4-2-10(18)3-5-11)17(23)15-14(19)16(20)21-27-15/h2-9H,1H3. The lowest BCUT2D eigenvalue weighted by molar-refractivity contribution is 0.101. The number of anilines is 1. The molecule has 0 aliphatic heterocycles. The quantitative estimate of drug-likeness (QED) is 0.508. The summed E-state index contributed by atoms with van der Waals surface area (Å²) < 4.78 is 36.1. The molecule has 0 spiro atoms. The number of sulfonamides is 1. The third kappa shape index (κ3) is 3.97. The number of amides is 1. The molecule has 11 heteroatoms. The van der Waals surface area contributed by atoms with E-state index in [2.05, 4.69) is 4.37 Å². The third-order valence-corrected chi connectivity index (χ3v) is 7.40. The lowest BCUT2D eigenvalue weighted by Gasteiger charge is -2.22. The Kier molecular flexibility index (Phi) is 6.16. The van der Waals surface area contributed by atoms with Gasteiger partial charge >= 0.3 is 0 Å². The van der Waals surface area contributed by atoms with Gasteiger partial charge in [0.25, 0.3) is 15.9 Å². The number of halogens is 3. The Labute approximate surface area is 180 Å². The van der Waals surface area contributed by atoms with E-state index < -0.39 is 15.9 Å². The zero-order valence-corrected chi connectivity index (χ0v) is 18.0. The molecule has 0 N–H and O–H groups in total. The third-order valence-electron chi connectivity index (χ3n) is 3.64. The molecule has 1 aromatic heterocycles. The molecule has 0 bridgehead atoms. The van der Waals surface area contributed by atoms with Crippen LogP contribution in [0.3, 0.4) is 0 Å². The summed E-state index contributed by atoms with van der Waals surface area (Å²) in [6.45, 7) is 0. The minimum Gasteiger partial charge on any atom is -0.497 e. The number of ether oxygens (including phenoxy) is 1. The van der Waals surface area contributed by atoms with E-state index in [0.29, 0.717) is 26.6 Å². The Hall–Kier alpha value is -1.84. The minimum absolute atomic E-state index is 0.0760. The molecule has 6 nitrogen and oxygen atoms in total. The van der Waals surface area contributed by atoms with E-state index in [1.807, 2.05) is 0 Å². The molecule has 3 aromatic rings. The van der Waals surface area contributed by atoms with Gasteiger partial charge in [-0.15, -0.1) is 0 Å². The highest BCUT2D eigenvalue weighted by molar-refractivity contribution is 7.93. The van der Waals surface area contributed by atoms with Gasteiger partial charge in [0.1, 0.15) is 15.6 Å². The number of hydrogen-bond acceptors (Lipinski definition) is 6. The highest BCUT2D eigenvalue weighted by Crippen LogP contribution is 2.34. The largest absolute Gasteiger partial charge is 0.497 e. The fourth-order valence-corrected chi connectivity index (χ4v) is 5.00. The monoisotopic (exact) mass is 476 g/mol. The molecule has 1 heterocycles. The Morgan fingerprint density at radius 2 is 1.64 bits per heavy atom. The van der Waals surface area contributed by atoms with Gasteiger partial charge in [0, 0.05) is 5.02 Å². The summed E-state index contributed by atoms with van der Waals surface area (Å²) in [7, 11) is -2.82. The summed E-state index contributed by atoms with van der Waals surface area (Å²) >= 11 is 18.5. The van der Waals surface area contributed by atoms with Crippen LogP contribution in [0.5, 0.6) is 5.75 Å². The first-order valence-corrected chi connectivity index (χ1v) is 10.9. The van der Waals surface area contributed by atoms with Gasteiger partial charge in [-0.05, 0) is 60.1 Å². The van der Waals surface area contributed by atoms with Gasteiger partial charge in [0.15, 0.2) is 5.15 Å². The zero-order valence-electron chi connectivity index (χ0n) is 14.1. The van der Waals surface area contributed by atoms with Crippen LogP contribution in [-0.4, -0.2) is 25.8 Å². The summed E-state index contributed by atoms with van der Waals surface area (Å²) in [5.41, 5.74) is 0.0887. The second kappa shape index (κ2) is 8.26. The average Bonchev–Trinajstić information content (AvgIpc) is 3.02. The van der Waals surface area contributed by atoms with E-state index in [1.165, 1.54) is 55.6 Å². The Morgan fingerprint density at radius 3 is 2.14 bits per heavy atom. The van der Waals surface area contributed by atoms with Crippen LogP contribution in [0.4, 0.5) is 5.69 Å². The SMILES string of the molecule is COc1ccc(S(=O)(=O)N(C(=O)c2snc(Cl)c2Cl)c2ccc(Cl)cc2)cc1. The van der Waals surface area contributed by atoms with Crippen LogP contribution in [0, 0.1) is 0 Å². The normalized spacial score (nSPS) is 11.3. The van der Waals surface area contributed by atoms with Crippen molar-refractivity contribution in [1.29, 1.82) is 0 Å². The predicted octanol–water partition coefficient (Wildman–Crippen LogP) is 5.15. The van der Waals surface area contributed by atoms with E-state index in [1.54, 1.807) is 0 Å². The van der Waals surface area contributed by atoms with Crippen LogP contribution in [0.15, 0.2) is 53.4 Å². The van der Waals surface area contributed by atoms with Crippen LogP contribution < -0.4 is 9.04 Å². The van der Waals surface area contributed by atoms with Gasteiger partial charge in [-0.25, -0.2) is 8.42 Å². The summed E-state index contributed by atoms with van der Waals surface area (Å²) in [6, 6.07) is 11.4. The Morgan fingerprint density at radius 1 is 1.04 bits per heavy atom. The lowest BCUT2D eigenvalue weighted by atomic mass is 10.3. The van der Waals surface area contributed by atoms with Crippen molar-refractivity contribution in [1.82, 2.24) is 4.37 Å². The molecule has 0 saturated carbocycles. The van der Waals surface area contributed by atoms with Gasteiger partial charge in [0.05, 0.1) is 17.7 Å². The second-order valence-electron chi connectivity index (χ2n) is 5.34. The molecule has 0 fully saturated rings. The summed E-state index contributed by atoms with van der Waals surface area (Å²) in [5, 5.41) is 0.199. The van der Waals surface area contributed by atoms with Crippen molar-refractivity contribution >= 4 is 68.0 Å². The van der Waals surface area contributed by atoms with Crippen molar-refractivity contribution in [3.05, 3.63) is 68.6 Å². The topological polar surface area (TPSA) is 76.6 Å². The fraction of sp³-hybridized carbons (Fsp3) is 0.0588. The van der Waals surface area contributed by atoms with Crippen molar-refractivity contribution in [2.75, 3.05) is 11.4 Å². The van der Waals surface area contributed by atoms with Crippen LogP contribution >= 0.6 is 46.3 Å². The molecule has 0 aliphatic carbocycles. The molecular weight excluding hydrogens is 467 g/mol. The molecule has 1 amide bonds. The second-order valence-corrected chi connectivity index (χ2v) is 9.08. The van der Waals surface area contributed by atoms with Gasteiger partial charge in [-0.2, -0.15) is 8.68 Å². The maximum absolute atomic E-state index is 13.3. The van der Waals surface area contributed by atoms with E-state index in [0.717, 1.165) is 0 Å². The molecule has 2 aromatic carbocycles. The molecule has 3 rings (SSSR count). The van der Waals surface area contributed by atoms with E-state index in [-0.39, 0.29) is 25.6 Å². The number of rotatable bonds is 5. The van der Waals surface area contributed by atoms with E-state index in [4.69, 9.17) is 39.5 Å². The summed E-state index contributed by atoms with van der Waals surface area (Å²) in [5.74, 6) is -0.409. The van der Waals surface area contributed by atoms with Crippen molar-refractivity contribution in [3.63, 3.8) is 0 Å². The highest BCUT2D eigenvalue weighted by atomic mass is 35.5. The molecule has 28 heavy (non-hydrogen) atoms. The molecule has 0 saturated heterocycles. The van der Waals surface area contributed by atoms with Crippen molar-refractivity contribution in [2.24, 2.45) is 0 Å². The fourth-order valence-electron chi connectivity index (χ4n) is 2.28. The average molecular weight is 478 g/mol. The number of nitrogens with zero attached hydrogens (tertiary/aromatic N) is 2. The Bertz CT molecular complexity index is 1110. The predicted molar refractivity (Wildman–Crippen MR) is 111 cm³/mol. The highest BCUT2D eigenvalue weighted by Gasteiger charge is 2.34. The van der Waals surface area contributed by atoms with Gasteiger partial charge in [-0.1, -0.05) is 34.8 Å². The first-order chi connectivity index (χ1) is 13.3. The van der Waals surface area contributed by atoms with Gasteiger partial charge in [-0.3, -0.25) is 4.79 Å². The first kappa shape index (κ1) is 20.9.